The number of hydrogen-bond donors (Lipinski definition) is 1. The van der Waals surface area contributed by atoms with Crippen molar-refractivity contribution < 1.29 is 19.0 Å². The van der Waals surface area contributed by atoms with Gasteiger partial charge in [0.25, 0.3) is 0 Å². The lowest BCUT2D eigenvalue weighted by molar-refractivity contribution is -0.136. The molecule has 1 heterocycles. The van der Waals surface area contributed by atoms with Crippen molar-refractivity contribution in [3.8, 4) is 5.75 Å². The highest BCUT2D eigenvalue weighted by atomic mass is 32.1. The second kappa shape index (κ2) is 5.59. The number of carboxylic acid groups (broad SMARTS) is 1. The summed E-state index contributed by atoms with van der Waals surface area (Å²) in [5, 5.41) is 10.9. The van der Waals surface area contributed by atoms with E-state index in [0.717, 1.165) is 0 Å². The smallest absolute Gasteiger partial charge is 0.309 e. The quantitative estimate of drug-likeness (QED) is 0.904. The lowest BCUT2D eigenvalue weighted by atomic mass is 10.3. The molecule has 0 saturated carbocycles. The first-order valence-corrected chi connectivity index (χ1v) is 6.05. The summed E-state index contributed by atoms with van der Waals surface area (Å²) in [4.78, 5) is 14.6. The fourth-order valence-electron chi connectivity index (χ4n) is 1.35. The fraction of sp³-hybridized carbons (Fsp3) is 0.167. The lowest BCUT2D eigenvalue weighted by Gasteiger charge is -2.03. The highest BCUT2D eigenvalue weighted by molar-refractivity contribution is 7.09. The third-order valence-electron chi connectivity index (χ3n) is 2.09. The van der Waals surface area contributed by atoms with E-state index in [1.165, 1.54) is 23.5 Å². The van der Waals surface area contributed by atoms with Gasteiger partial charge in [-0.05, 0) is 12.1 Å². The number of thiazole rings is 1. The van der Waals surface area contributed by atoms with E-state index in [4.69, 9.17) is 9.84 Å². The molecule has 0 aliphatic carbocycles. The van der Waals surface area contributed by atoms with E-state index < -0.39 is 5.97 Å². The molecule has 0 aliphatic heterocycles. The molecule has 94 valence electrons. The predicted molar refractivity (Wildman–Crippen MR) is 64.2 cm³/mol. The average molecular weight is 267 g/mol. The van der Waals surface area contributed by atoms with Gasteiger partial charge < -0.3 is 9.84 Å². The van der Waals surface area contributed by atoms with Crippen molar-refractivity contribution in [3.05, 3.63) is 46.2 Å². The van der Waals surface area contributed by atoms with E-state index in [1.54, 1.807) is 17.5 Å². The van der Waals surface area contributed by atoms with Crippen molar-refractivity contribution >= 4 is 17.3 Å². The molecule has 2 rings (SSSR count). The molecule has 0 radical (unpaired) electrons. The molecular weight excluding hydrogens is 257 g/mol. The Morgan fingerprint density at radius 3 is 3.06 bits per heavy atom. The molecule has 0 fully saturated rings. The third kappa shape index (κ3) is 3.53. The van der Waals surface area contributed by atoms with Crippen LogP contribution in [-0.2, 0) is 17.8 Å². The van der Waals surface area contributed by atoms with Crippen LogP contribution in [0.1, 0.15) is 10.7 Å². The van der Waals surface area contributed by atoms with Gasteiger partial charge in [-0.1, -0.05) is 6.07 Å². The van der Waals surface area contributed by atoms with Crippen LogP contribution in [0.2, 0.25) is 0 Å². The molecule has 0 saturated heterocycles. The minimum absolute atomic E-state index is 0.101. The monoisotopic (exact) mass is 267 g/mol. The van der Waals surface area contributed by atoms with Gasteiger partial charge in [-0.25, -0.2) is 9.37 Å². The van der Waals surface area contributed by atoms with Crippen molar-refractivity contribution in [1.29, 1.82) is 0 Å². The summed E-state index contributed by atoms with van der Waals surface area (Å²) in [5.74, 6) is -0.860. The number of carbonyl (C=O) groups is 1. The minimum atomic E-state index is -0.919. The minimum Gasteiger partial charge on any atom is -0.486 e. The Morgan fingerprint density at radius 2 is 2.33 bits per heavy atom. The summed E-state index contributed by atoms with van der Waals surface area (Å²) >= 11 is 1.32. The number of aromatic nitrogens is 1. The maximum atomic E-state index is 12.9. The maximum absolute atomic E-state index is 12.9. The van der Waals surface area contributed by atoms with Gasteiger partial charge in [-0.2, -0.15) is 0 Å². The molecule has 2 aromatic rings. The Kier molecular flexibility index (Phi) is 3.88. The molecular formula is C12H10FNO3S. The van der Waals surface area contributed by atoms with Gasteiger partial charge in [-0.3, -0.25) is 4.79 Å². The van der Waals surface area contributed by atoms with Crippen LogP contribution < -0.4 is 4.74 Å². The molecule has 0 unspecified atom stereocenters. The van der Waals surface area contributed by atoms with Gasteiger partial charge in [0.15, 0.2) is 0 Å². The summed E-state index contributed by atoms with van der Waals surface area (Å²) in [6.07, 6.45) is -0.101. The first-order chi connectivity index (χ1) is 8.63. The zero-order valence-corrected chi connectivity index (χ0v) is 10.1. The Labute approximate surface area is 107 Å². The Bertz CT molecular complexity index is 556. The van der Waals surface area contributed by atoms with E-state index in [-0.39, 0.29) is 18.8 Å². The molecule has 1 aromatic carbocycles. The first-order valence-electron chi connectivity index (χ1n) is 5.17. The second-order valence-corrected chi connectivity index (χ2v) is 4.49. The van der Waals surface area contributed by atoms with E-state index in [2.05, 4.69) is 4.98 Å². The van der Waals surface area contributed by atoms with Crippen molar-refractivity contribution in [2.45, 2.75) is 13.0 Å². The predicted octanol–water partition coefficient (Wildman–Crippen LogP) is 2.49. The van der Waals surface area contributed by atoms with E-state index in [0.29, 0.717) is 16.5 Å². The topological polar surface area (TPSA) is 59.4 Å². The fourth-order valence-corrected chi connectivity index (χ4v) is 2.06. The van der Waals surface area contributed by atoms with Crippen molar-refractivity contribution in [2.24, 2.45) is 0 Å². The van der Waals surface area contributed by atoms with Gasteiger partial charge in [0, 0.05) is 11.4 Å². The van der Waals surface area contributed by atoms with Crippen LogP contribution in [0, 0.1) is 5.82 Å². The Balaban J connectivity index is 1.94. The molecule has 0 bridgehead atoms. The lowest BCUT2D eigenvalue weighted by Crippen LogP contribution is -2.01. The molecule has 6 heteroatoms. The van der Waals surface area contributed by atoms with Crippen LogP contribution in [0.4, 0.5) is 4.39 Å². The summed E-state index contributed by atoms with van der Waals surface area (Å²) in [6.45, 7) is 0.202. The molecule has 0 amide bonds. The number of aliphatic carboxylic acids is 1. The normalized spacial score (nSPS) is 10.3. The average Bonchev–Trinajstić information content (AvgIpc) is 2.73. The van der Waals surface area contributed by atoms with Gasteiger partial charge in [0.1, 0.15) is 23.2 Å². The standard InChI is InChI=1S/C12H10FNO3S/c13-8-2-1-3-10(4-8)17-6-11-14-9(7-18-11)5-12(15)16/h1-4,7H,5-6H2,(H,15,16). The van der Waals surface area contributed by atoms with E-state index in [9.17, 15) is 9.18 Å². The number of carboxylic acids is 1. The Morgan fingerprint density at radius 1 is 1.50 bits per heavy atom. The highest BCUT2D eigenvalue weighted by Gasteiger charge is 2.06. The van der Waals surface area contributed by atoms with Crippen LogP contribution >= 0.6 is 11.3 Å². The zero-order chi connectivity index (χ0) is 13.0. The zero-order valence-electron chi connectivity index (χ0n) is 9.30. The number of nitrogens with zero attached hydrogens (tertiary/aromatic N) is 1. The third-order valence-corrected chi connectivity index (χ3v) is 2.96. The van der Waals surface area contributed by atoms with Gasteiger partial charge >= 0.3 is 5.97 Å². The van der Waals surface area contributed by atoms with Gasteiger partial charge in [0.05, 0.1) is 12.1 Å². The van der Waals surface area contributed by atoms with Crippen LogP contribution in [0.5, 0.6) is 5.75 Å². The summed E-state index contributed by atoms with van der Waals surface area (Å²) in [7, 11) is 0. The van der Waals surface area contributed by atoms with Gasteiger partial charge in [0.2, 0.25) is 0 Å². The molecule has 0 aliphatic rings. The second-order valence-electron chi connectivity index (χ2n) is 3.55. The largest absolute Gasteiger partial charge is 0.486 e. The van der Waals surface area contributed by atoms with Crippen molar-refractivity contribution in [1.82, 2.24) is 4.98 Å². The maximum Gasteiger partial charge on any atom is 0.309 e. The molecule has 4 nitrogen and oxygen atoms in total. The van der Waals surface area contributed by atoms with Crippen LogP contribution in [-0.4, -0.2) is 16.1 Å². The number of ether oxygens (including phenoxy) is 1. The molecule has 0 atom stereocenters. The van der Waals surface area contributed by atoms with Crippen molar-refractivity contribution in [3.63, 3.8) is 0 Å². The molecule has 18 heavy (non-hydrogen) atoms. The van der Waals surface area contributed by atoms with Crippen molar-refractivity contribution in [2.75, 3.05) is 0 Å². The SMILES string of the molecule is O=C(O)Cc1csc(COc2cccc(F)c2)n1. The summed E-state index contributed by atoms with van der Waals surface area (Å²) in [5.41, 5.74) is 0.505. The van der Waals surface area contributed by atoms with Crippen LogP contribution in [0.15, 0.2) is 29.6 Å². The summed E-state index contributed by atoms with van der Waals surface area (Å²) < 4.78 is 18.2. The molecule has 1 aromatic heterocycles. The Hall–Kier alpha value is -1.95. The first kappa shape index (κ1) is 12.5. The molecule has 1 N–H and O–H groups in total. The van der Waals surface area contributed by atoms with Crippen LogP contribution in [0.25, 0.3) is 0 Å². The highest BCUT2D eigenvalue weighted by Crippen LogP contribution is 2.16. The van der Waals surface area contributed by atoms with Crippen LogP contribution in [0.3, 0.4) is 0 Å². The number of hydrogen-bond acceptors (Lipinski definition) is 4. The van der Waals surface area contributed by atoms with E-state index >= 15 is 0 Å². The number of rotatable bonds is 5. The van der Waals surface area contributed by atoms with Gasteiger partial charge in [-0.15, -0.1) is 11.3 Å². The number of benzene rings is 1. The van der Waals surface area contributed by atoms with E-state index in [1.807, 2.05) is 0 Å². The number of halogens is 1. The summed E-state index contributed by atoms with van der Waals surface area (Å²) in [6, 6.07) is 5.82. The molecule has 0 spiro atoms.